The summed E-state index contributed by atoms with van der Waals surface area (Å²) >= 11 is 4.43. The van der Waals surface area contributed by atoms with E-state index in [1.54, 1.807) is 18.2 Å². The quantitative estimate of drug-likeness (QED) is 0.286. The molecular formula is C23H17IN2O4S2. The number of thioether (sulfide) groups is 1. The Morgan fingerprint density at radius 2 is 1.81 bits per heavy atom. The van der Waals surface area contributed by atoms with Crippen LogP contribution < -0.4 is 5.32 Å². The van der Waals surface area contributed by atoms with Gasteiger partial charge in [0.25, 0.3) is 11.1 Å². The van der Waals surface area contributed by atoms with Crippen molar-refractivity contribution in [1.29, 1.82) is 0 Å². The number of imide groups is 1. The van der Waals surface area contributed by atoms with Gasteiger partial charge in [0, 0.05) is 20.2 Å². The smallest absolute Gasteiger partial charge is 0.294 e. The SMILES string of the molecule is Cc1ccc(Sc2ccc(/C=C3\SC(=O)N(CC(=O)Nc4ccc(I)cc4)C3=O)o2)cc1. The number of nitrogens with zero attached hydrogens (tertiary/aromatic N) is 1. The van der Waals surface area contributed by atoms with E-state index >= 15 is 0 Å². The van der Waals surface area contributed by atoms with Crippen molar-refractivity contribution in [3.63, 3.8) is 0 Å². The van der Waals surface area contributed by atoms with Crippen molar-refractivity contribution in [3.8, 4) is 0 Å². The first-order valence-corrected chi connectivity index (χ1v) is 12.2. The summed E-state index contributed by atoms with van der Waals surface area (Å²) in [6.07, 6.45) is 1.53. The van der Waals surface area contributed by atoms with Gasteiger partial charge in [-0.1, -0.05) is 29.5 Å². The van der Waals surface area contributed by atoms with Crippen LogP contribution in [-0.4, -0.2) is 28.5 Å². The molecule has 9 heteroatoms. The fourth-order valence-corrected chi connectivity index (χ4v) is 4.79. The van der Waals surface area contributed by atoms with Gasteiger partial charge in [-0.05, 0) is 89.8 Å². The lowest BCUT2D eigenvalue weighted by Gasteiger charge is -2.12. The molecule has 0 radical (unpaired) electrons. The summed E-state index contributed by atoms with van der Waals surface area (Å²) in [5, 5.41) is 2.88. The molecule has 6 nitrogen and oxygen atoms in total. The molecule has 1 aromatic heterocycles. The summed E-state index contributed by atoms with van der Waals surface area (Å²) in [4.78, 5) is 39.5. The summed E-state index contributed by atoms with van der Waals surface area (Å²) in [5.41, 5.74) is 1.78. The van der Waals surface area contributed by atoms with Crippen molar-refractivity contribution >= 4 is 74.9 Å². The zero-order valence-corrected chi connectivity index (χ0v) is 20.6. The predicted molar refractivity (Wildman–Crippen MR) is 134 cm³/mol. The third-order valence-electron chi connectivity index (χ3n) is 4.42. The van der Waals surface area contributed by atoms with Crippen molar-refractivity contribution in [3.05, 3.63) is 80.5 Å². The molecule has 1 N–H and O–H groups in total. The molecule has 1 aliphatic rings. The van der Waals surface area contributed by atoms with Crippen molar-refractivity contribution in [2.45, 2.75) is 16.9 Å². The number of anilines is 1. The highest BCUT2D eigenvalue weighted by molar-refractivity contribution is 14.1. The number of hydrogen-bond acceptors (Lipinski definition) is 6. The number of benzene rings is 2. The van der Waals surface area contributed by atoms with E-state index < -0.39 is 17.1 Å². The summed E-state index contributed by atoms with van der Waals surface area (Å²) in [6.45, 7) is 1.68. The summed E-state index contributed by atoms with van der Waals surface area (Å²) in [5.74, 6) is -0.486. The molecule has 3 aromatic rings. The number of carbonyl (C=O) groups is 3. The van der Waals surface area contributed by atoms with Gasteiger partial charge in [0.05, 0.1) is 4.91 Å². The van der Waals surface area contributed by atoms with Gasteiger partial charge in [-0.25, -0.2) is 0 Å². The van der Waals surface area contributed by atoms with E-state index in [1.807, 2.05) is 49.4 Å². The number of furan rings is 1. The Morgan fingerprint density at radius 1 is 1.09 bits per heavy atom. The fourth-order valence-electron chi connectivity index (χ4n) is 2.83. The van der Waals surface area contributed by atoms with Crippen molar-refractivity contribution in [1.82, 2.24) is 4.90 Å². The molecule has 162 valence electrons. The van der Waals surface area contributed by atoms with E-state index in [0.29, 0.717) is 16.5 Å². The molecule has 0 atom stereocenters. The zero-order chi connectivity index (χ0) is 22.7. The number of amides is 3. The van der Waals surface area contributed by atoms with Crippen LogP contribution >= 0.6 is 46.1 Å². The number of halogens is 1. The number of carbonyl (C=O) groups excluding carboxylic acids is 3. The lowest BCUT2D eigenvalue weighted by atomic mass is 10.2. The second-order valence-electron chi connectivity index (χ2n) is 6.89. The van der Waals surface area contributed by atoms with Crippen LogP contribution in [-0.2, 0) is 9.59 Å². The van der Waals surface area contributed by atoms with Crippen molar-refractivity contribution in [2.24, 2.45) is 0 Å². The van der Waals surface area contributed by atoms with Gasteiger partial charge >= 0.3 is 0 Å². The highest BCUT2D eigenvalue weighted by Gasteiger charge is 2.36. The Balaban J connectivity index is 1.39. The molecule has 4 rings (SSSR count). The van der Waals surface area contributed by atoms with Gasteiger partial charge in [-0.2, -0.15) is 0 Å². The Bertz CT molecular complexity index is 1200. The maximum absolute atomic E-state index is 12.7. The van der Waals surface area contributed by atoms with Crippen molar-refractivity contribution in [2.75, 3.05) is 11.9 Å². The fraction of sp³-hybridized carbons (Fsp3) is 0.0870. The molecular weight excluding hydrogens is 559 g/mol. The van der Waals surface area contributed by atoms with Crippen molar-refractivity contribution < 1.29 is 18.8 Å². The molecule has 2 aromatic carbocycles. The second-order valence-corrected chi connectivity index (χ2v) is 10.2. The van der Waals surface area contributed by atoms with Crippen LogP contribution in [0.2, 0.25) is 0 Å². The highest BCUT2D eigenvalue weighted by atomic mass is 127. The van der Waals surface area contributed by atoms with Crippen LogP contribution in [0, 0.1) is 10.5 Å². The Kier molecular flexibility index (Phi) is 7.07. The minimum atomic E-state index is -0.512. The van der Waals surface area contributed by atoms with Crippen LogP contribution in [0.4, 0.5) is 10.5 Å². The van der Waals surface area contributed by atoms with Gasteiger partial charge in [0.15, 0.2) is 5.09 Å². The van der Waals surface area contributed by atoms with Crippen LogP contribution in [0.15, 0.2) is 80.0 Å². The van der Waals surface area contributed by atoms with Gasteiger partial charge in [-0.3, -0.25) is 19.3 Å². The molecule has 2 heterocycles. The number of nitrogens with one attached hydrogen (secondary N) is 1. The van der Waals surface area contributed by atoms with Gasteiger partial charge in [-0.15, -0.1) is 0 Å². The average molecular weight is 576 g/mol. The van der Waals surface area contributed by atoms with E-state index in [4.69, 9.17) is 4.42 Å². The summed E-state index contributed by atoms with van der Waals surface area (Å²) < 4.78 is 6.82. The third kappa shape index (κ3) is 5.64. The first-order valence-electron chi connectivity index (χ1n) is 9.52. The van der Waals surface area contributed by atoms with Crippen LogP contribution in [0.1, 0.15) is 11.3 Å². The Labute approximate surface area is 207 Å². The topological polar surface area (TPSA) is 79.6 Å². The van der Waals surface area contributed by atoms with E-state index in [2.05, 4.69) is 27.9 Å². The van der Waals surface area contributed by atoms with Crippen LogP contribution in [0.3, 0.4) is 0 Å². The number of rotatable bonds is 6. The predicted octanol–water partition coefficient (Wildman–Crippen LogP) is 6.02. The van der Waals surface area contributed by atoms with Gasteiger partial charge in [0.2, 0.25) is 5.91 Å². The first kappa shape index (κ1) is 22.7. The van der Waals surface area contributed by atoms with Crippen LogP contribution in [0.25, 0.3) is 6.08 Å². The lowest BCUT2D eigenvalue weighted by molar-refractivity contribution is -0.127. The largest absolute Gasteiger partial charge is 0.450 e. The molecule has 1 saturated heterocycles. The van der Waals surface area contributed by atoms with E-state index in [-0.39, 0.29) is 11.4 Å². The first-order chi connectivity index (χ1) is 15.4. The molecule has 3 amide bonds. The molecule has 32 heavy (non-hydrogen) atoms. The normalized spacial score (nSPS) is 14.9. The minimum absolute atomic E-state index is 0.221. The monoisotopic (exact) mass is 576 g/mol. The third-order valence-corrected chi connectivity index (χ3v) is 6.97. The van der Waals surface area contributed by atoms with E-state index in [9.17, 15) is 14.4 Å². The number of hydrogen-bond donors (Lipinski definition) is 1. The molecule has 0 aliphatic carbocycles. The maximum Gasteiger partial charge on any atom is 0.294 e. The summed E-state index contributed by atoms with van der Waals surface area (Å²) in [6, 6.07) is 18.9. The zero-order valence-electron chi connectivity index (χ0n) is 16.8. The highest BCUT2D eigenvalue weighted by Crippen LogP contribution is 2.34. The Hall–Kier alpha value is -2.50. The number of aryl methyl sites for hydroxylation is 1. The standard InChI is InChI=1S/C23H17IN2O4S2/c1-14-2-9-18(10-3-14)31-21-11-8-17(30-21)12-19-22(28)26(23(29)32-19)13-20(27)25-16-6-4-15(24)5-7-16/h2-12H,13H2,1H3,(H,25,27)/b19-12-. The van der Waals surface area contributed by atoms with Crippen LogP contribution in [0.5, 0.6) is 0 Å². The molecule has 0 spiro atoms. The second kappa shape index (κ2) is 9.97. The molecule has 1 aliphatic heterocycles. The average Bonchev–Trinajstić information content (AvgIpc) is 3.31. The summed E-state index contributed by atoms with van der Waals surface area (Å²) in [7, 11) is 0. The van der Waals surface area contributed by atoms with Gasteiger partial charge < -0.3 is 9.73 Å². The molecule has 0 bridgehead atoms. The Morgan fingerprint density at radius 3 is 2.53 bits per heavy atom. The maximum atomic E-state index is 12.7. The van der Waals surface area contributed by atoms with E-state index in [1.165, 1.54) is 23.4 Å². The van der Waals surface area contributed by atoms with Gasteiger partial charge in [0.1, 0.15) is 12.3 Å². The minimum Gasteiger partial charge on any atom is -0.450 e. The van der Waals surface area contributed by atoms with E-state index in [0.717, 1.165) is 25.1 Å². The lowest BCUT2D eigenvalue weighted by Crippen LogP contribution is -2.36. The molecule has 0 saturated carbocycles. The molecule has 1 fully saturated rings. The molecule has 0 unspecified atom stereocenters.